The Bertz CT molecular complexity index is 634. The molecule has 2 rings (SSSR count). The molecule has 1 aromatic carbocycles. The van der Waals surface area contributed by atoms with E-state index in [4.69, 9.17) is 15.6 Å². The number of nitrogens with two attached hydrogens (primary N) is 1. The summed E-state index contributed by atoms with van der Waals surface area (Å²) in [5.74, 6) is 0.639. The average Bonchev–Trinajstić information content (AvgIpc) is 2.54. The number of aliphatic hydroxyl groups is 1. The van der Waals surface area contributed by atoms with Crippen LogP contribution < -0.4 is 11.1 Å². The predicted octanol–water partition coefficient (Wildman–Crippen LogP) is 0.464. The van der Waals surface area contributed by atoms with Crippen molar-refractivity contribution in [2.45, 2.75) is 0 Å². The van der Waals surface area contributed by atoms with Gasteiger partial charge in [-0.15, -0.1) is 0 Å². The number of rotatable bonds is 7. The Hall–Kier alpha value is -2.51. The zero-order valence-corrected chi connectivity index (χ0v) is 12.0. The van der Waals surface area contributed by atoms with Gasteiger partial charge in [0.1, 0.15) is 5.82 Å². The first kappa shape index (κ1) is 15.9. The predicted molar refractivity (Wildman–Crippen MR) is 82.1 cm³/mol. The van der Waals surface area contributed by atoms with Crippen molar-refractivity contribution in [2.24, 2.45) is 0 Å². The van der Waals surface area contributed by atoms with Gasteiger partial charge in [0.25, 0.3) is 5.91 Å². The van der Waals surface area contributed by atoms with Crippen molar-refractivity contribution in [3.63, 3.8) is 0 Å². The lowest BCUT2D eigenvalue weighted by Gasteiger charge is -2.07. The molecule has 0 aliphatic rings. The van der Waals surface area contributed by atoms with Crippen LogP contribution in [0.3, 0.4) is 0 Å². The molecule has 7 nitrogen and oxygen atoms in total. The Labute approximate surface area is 128 Å². The van der Waals surface area contributed by atoms with Gasteiger partial charge in [0, 0.05) is 23.9 Å². The van der Waals surface area contributed by atoms with Gasteiger partial charge in [-0.1, -0.05) is 12.1 Å². The molecule has 1 heterocycles. The first-order valence-electron chi connectivity index (χ1n) is 6.86. The lowest BCUT2D eigenvalue weighted by molar-refractivity contribution is 0.0838. The summed E-state index contributed by atoms with van der Waals surface area (Å²) in [7, 11) is 0. The standard InChI is InChI=1S/C15H18N4O3/c16-13-4-5-17-14(19-13)11-2-1-3-12(10-11)15(21)18-6-8-22-9-7-20/h1-5,10,20H,6-9H2,(H,18,21)(H2,16,17,19). The van der Waals surface area contributed by atoms with E-state index in [9.17, 15) is 4.79 Å². The Kier molecular flexibility index (Phi) is 5.81. The van der Waals surface area contributed by atoms with Crippen LogP contribution in [0, 0.1) is 0 Å². The molecule has 1 amide bonds. The number of nitrogen functional groups attached to an aromatic ring is 1. The number of nitrogens with one attached hydrogen (secondary N) is 1. The highest BCUT2D eigenvalue weighted by Crippen LogP contribution is 2.16. The van der Waals surface area contributed by atoms with Gasteiger partial charge >= 0.3 is 0 Å². The van der Waals surface area contributed by atoms with Crippen molar-refractivity contribution in [1.29, 1.82) is 0 Å². The molecule has 0 aliphatic heterocycles. The number of ether oxygens (including phenoxy) is 1. The summed E-state index contributed by atoms with van der Waals surface area (Å²) >= 11 is 0. The van der Waals surface area contributed by atoms with Crippen LogP contribution in [0.25, 0.3) is 11.4 Å². The van der Waals surface area contributed by atoms with Crippen molar-refractivity contribution in [2.75, 3.05) is 32.1 Å². The second-order valence-corrected chi connectivity index (χ2v) is 4.48. The zero-order chi connectivity index (χ0) is 15.8. The average molecular weight is 302 g/mol. The zero-order valence-electron chi connectivity index (χ0n) is 12.0. The van der Waals surface area contributed by atoms with Crippen molar-refractivity contribution in [1.82, 2.24) is 15.3 Å². The Morgan fingerprint density at radius 3 is 2.95 bits per heavy atom. The molecule has 0 saturated heterocycles. The third-order valence-corrected chi connectivity index (χ3v) is 2.83. The topological polar surface area (TPSA) is 110 Å². The molecule has 0 unspecified atom stereocenters. The van der Waals surface area contributed by atoms with Crippen LogP contribution in [-0.2, 0) is 4.74 Å². The molecule has 0 fully saturated rings. The lowest BCUT2D eigenvalue weighted by atomic mass is 10.1. The van der Waals surface area contributed by atoms with E-state index in [2.05, 4.69) is 15.3 Å². The van der Waals surface area contributed by atoms with Crippen LogP contribution in [0.15, 0.2) is 36.5 Å². The van der Waals surface area contributed by atoms with Gasteiger partial charge in [-0.3, -0.25) is 4.79 Å². The molecular formula is C15H18N4O3. The minimum Gasteiger partial charge on any atom is -0.394 e. The maximum atomic E-state index is 12.0. The minimum absolute atomic E-state index is 0.0315. The van der Waals surface area contributed by atoms with Gasteiger partial charge in [0.05, 0.1) is 19.8 Å². The maximum absolute atomic E-state index is 12.0. The van der Waals surface area contributed by atoms with Gasteiger partial charge in [-0.05, 0) is 18.2 Å². The third-order valence-electron chi connectivity index (χ3n) is 2.83. The highest BCUT2D eigenvalue weighted by molar-refractivity contribution is 5.95. The SMILES string of the molecule is Nc1ccnc(-c2cccc(C(=O)NCCOCCO)c2)n1. The second-order valence-electron chi connectivity index (χ2n) is 4.48. The summed E-state index contributed by atoms with van der Waals surface area (Å²) in [5, 5.41) is 11.3. The molecule has 0 spiro atoms. The lowest BCUT2D eigenvalue weighted by Crippen LogP contribution is -2.27. The molecule has 2 aromatic rings. The number of benzene rings is 1. The highest BCUT2D eigenvalue weighted by atomic mass is 16.5. The number of carbonyl (C=O) groups is 1. The summed E-state index contributed by atoms with van der Waals surface area (Å²) in [5.41, 5.74) is 6.86. The number of amides is 1. The van der Waals surface area contributed by atoms with E-state index in [1.165, 1.54) is 0 Å². The number of anilines is 1. The first-order chi connectivity index (χ1) is 10.7. The smallest absolute Gasteiger partial charge is 0.251 e. The number of carbonyl (C=O) groups excluding carboxylic acids is 1. The van der Waals surface area contributed by atoms with Crippen molar-refractivity contribution >= 4 is 11.7 Å². The normalized spacial score (nSPS) is 10.4. The summed E-state index contributed by atoms with van der Waals surface area (Å²) < 4.78 is 5.08. The van der Waals surface area contributed by atoms with Crippen molar-refractivity contribution < 1.29 is 14.6 Å². The van der Waals surface area contributed by atoms with Gasteiger partial charge < -0.3 is 20.9 Å². The molecule has 7 heteroatoms. The fourth-order valence-corrected chi connectivity index (χ4v) is 1.82. The van der Waals surface area contributed by atoms with Crippen LogP contribution in [0.4, 0.5) is 5.82 Å². The fourth-order valence-electron chi connectivity index (χ4n) is 1.82. The summed E-state index contributed by atoms with van der Waals surface area (Å²) in [6, 6.07) is 8.60. The molecule has 0 bridgehead atoms. The monoisotopic (exact) mass is 302 g/mol. The maximum Gasteiger partial charge on any atom is 0.251 e. The first-order valence-corrected chi connectivity index (χ1v) is 6.86. The van der Waals surface area contributed by atoms with Crippen molar-refractivity contribution in [3.05, 3.63) is 42.1 Å². The number of hydrogen-bond acceptors (Lipinski definition) is 6. The highest BCUT2D eigenvalue weighted by Gasteiger charge is 2.08. The molecule has 22 heavy (non-hydrogen) atoms. The van der Waals surface area contributed by atoms with Gasteiger partial charge in [0.15, 0.2) is 5.82 Å². The van der Waals surface area contributed by atoms with E-state index in [-0.39, 0.29) is 19.1 Å². The van der Waals surface area contributed by atoms with E-state index in [0.717, 1.165) is 5.56 Å². The van der Waals surface area contributed by atoms with E-state index in [1.54, 1.807) is 30.5 Å². The molecule has 4 N–H and O–H groups in total. The largest absolute Gasteiger partial charge is 0.394 e. The Morgan fingerprint density at radius 1 is 1.32 bits per heavy atom. The van der Waals surface area contributed by atoms with E-state index >= 15 is 0 Å². The summed E-state index contributed by atoms with van der Waals surface area (Å²) in [6.45, 7) is 0.955. The number of aromatic nitrogens is 2. The van der Waals surface area contributed by atoms with Crippen LogP contribution in [0.5, 0.6) is 0 Å². The molecule has 0 saturated carbocycles. The fraction of sp³-hybridized carbons (Fsp3) is 0.267. The quantitative estimate of drug-likeness (QED) is 0.641. The number of hydrogen-bond donors (Lipinski definition) is 3. The van der Waals surface area contributed by atoms with Crippen LogP contribution in [-0.4, -0.2) is 47.3 Å². The summed E-state index contributed by atoms with van der Waals surface area (Å²) in [4.78, 5) is 20.3. The number of nitrogens with zero attached hydrogens (tertiary/aromatic N) is 2. The minimum atomic E-state index is -0.210. The molecule has 0 aliphatic carbocycles. The summed E-state index contributed by atoms with van der Waals surface area (Å²) in [6.07, 6.45) is 1.57. The number of aliphatic hydroxyl groups excluding tert-OH is 1. The molecule has 0 atom stereocenters. The third kappa shape index (κ3) is 4.51. The second kappa shape index (κ2) is 8.06. The van der Waals surface area contributed by atoms with E-state index < -0.39 is 0 Å². The Balaban J connectivity index is 2.00. The van der Waals surface area contributed by atoms with Crippen LogP contribution >= 0.6 is 0 Å². The van der Waals surface area contributed by atoms with Crippen molar-refractivity contribution in [3.8, 4) is 11.4 Å². The van der Waals surface area contributed by atoms with Gasteiger partial charge in [0.2, 0.25) is 0 Å². The van der Waals surface area contributed by atoms with Crippen LogP contribution in [0.1, 0.15) is 10.4 Å². The van der Waals surface area contributed by atoms with Gasteiger partial charge in [-0.25, -0.2) is 9.97 Å². The Morgan fingerprint density at radius 2 is 2.18 bits per heavy atom. The van der Waals surface area contributed by atoms with Gasteiger partial charge in [-0.2, -0.15) is 0 Å². The molecular weight excluding hydrogens is 284 g/mol. The molecule has 1 aromatic heterocycles. The molecule has 0 radical (unpaired) electrons. The molecule has 116 valence electrons. The van der Waals surface area contributed by atoms with E-state index in [0.29, 0.717) is 30.4 Å². The van der Waals surface area contributed by atoms with E-state index in [1.807, 2.05) is 6.07 Å². The van der Waals surface area contributed by atoms with Crippen LogP contribution in [0.2, 0.25) is 0 Å².